The molecule has 140 valence electrons. The first kappa shape index (κ1) is 18.8. The zero-order valence-corrected chi connectivity index (χ0v) is 14.5. The molecule has 0 fully saturated rings. The van der Waals surface area contributed by atoms with E-state index in [1.54, 1.807) is 36.4 Å². The lowest BCUT2D eigenvalue weighted by Crippen LogP contribution is -2.96. The summed E-state index contributed by atoms with van der Waals surface area (Å²) in [5, 5.41) is 27.3. The minimum absolute atomic E-state index is 0.144. The van der Waals surface area contributed by atoms with Gasteiger partial charge in [-0.1, -0.05) is 0 Å². The standard InChI is InChI=1S/C21H15NO6/c23-19(24)13-1-7-16(8-2-13)22(17-9-3-14(4-10-17)20(25)26)18-11-5-15(6-12-18)21(27)28/h1-12H,(H,23,24)(H,25,26)(H,27,28)/p+1. The molecule has 3 rings (SSSR count). The normalized spacial score (nSPS) is 10.6. The minimum atomic E-state index is -1.04. The molecular formula is C21H16NO6+. The van der Waals surface area contributed by atoms with E-state index < -0.39 is 17.9 Å². The van der Waals surface area contributed by atoms with Gasteiger partial charge in [0.05, 0.1) is 16.7 Å². The third kappa shape index (κ3) is 3.89. The summed E-state index contributed by atoms with van der Waals surface area (Å²) in [6, 6.07) is 18.9. The van der Waals surface area contributed by atoms with Crippen molar-refractivity contribution in [3.8, 4) is 0 Å². The number of hydrogen-bond donors (Lipinski definition) is 4. The number of benzene rings is 3. The Morgan fingerprint density at radius 1 is 0.464 bits per heavy atom. The molecule has 7 heteroatoms. The van der Waals surface area contributed by atoms with E-state index in [0.717, 1.165) is 22.0 Å². The Morgan fingerprint density at radius 2 is 0.679 bits per heavy atom. The molecule has 0 bridgehead atoms. The predicted octanol–water partition coefficient (Wildman–Crippen LogP) is 2.96. The molecule has 0 aliphatic heterocycles. The number of nitrogens with one attached hydrogen (secondary N) is 1. The van der Waals surface area contributed by atoms with Crippen LogP contribution in [0.4, 0.5) is 17.1 Å². The molecule has 0 aliphatic carbocycles. The monoisotopic (exact) mass is 378 g/mol. The summed E-state index contributed by atoms with van der Waals surface area (Å²) < 4.78 is 0. The third-order valence-electron chi connectivity index (χ3n) is 4.26. The van der Waals surface area contributed by atoms with Gasteiger partial charge in [-0.25, -0.2) is 19.3 Å². The van der Waals surface area contributed by atoms with Crippen molar-refractivity contribution in [2.45, 2.75) is 0 Å². The van der Waals surface area contributed by atoms with Crippen molar-refractivity contribution in [2.24, 2.45) is 0 Å². The fourth-order valence-corrected chi connectivity index (χ4v) is 2.84. The molecule has 3 aromatic rings. The van der Waals surface area contributed by atoms with Crippen LogP contribution in [0.3, 0.4) is 0 Å². The van der Waals surface area contributed by atoms with Gasteiger partial charge in [-0.15, -0.1) is 0 Å². The molecule has 3 aromatic carbocycles. The van der Waals surface area contributed by atoms with Crippen molar-refractivity contribution in [3.63, 3.8) is 0 Å². The number of carboxylic acids is 3. The van der Waals surface area contributed by atoms with Gasteiger partial charge in [0.2, 0.25) is 0 Å². The Hall–Kier alpha value is -3.97. The maximum absolute atomic E-state index is 11.1. The second kappa shape index (κ2) is 7.73. The molecule has 4 N–H and O–H groups in total. The summed E-state index contributed by atoms with van der Waals surface area (Å²) >= 11 is 0. The van der Waals surface area contributed by atoms with E-state index in [-0.39, 0.29) is 16.7 Å². The lowest BCUT2D eigenvalue weighted by Gasteiger charge is -2.19. The van der Waals surface area contributed by atoms with E-state index in [0.29, 0.717) is 0 Å². The molecule has 0 saturated carbocycles. The lowest BCUT2D eigenvalue weighted by molar-refractivity contribution is -0.681. The first-order valence-corrected chi connectivity index (χ1v) is 8.25. The molecule has 0 heterocycles. The van der Waals surface area contributed by atoms with Gasteiger partial charge in [0.1, 0.15) is 17.1 Å². The van der Waals surface area contributed by atoms with Crippen molar-refractivity contribution in [1.29, 1.82) is 0 Å². The number of hydrogen-bond acceptors (Lipinski definition) is 3. The van der Waals surface area contributed by atoms with Crippen molar-refractivity contribution in [1.82, 2.24) is 0 Å². The minimum Gasteiger partial charge on any atom is -0.478 e. The highest BCUT2D eigenvalue weighted by atomic mass is 16.4. The number of aromatic carboxylic acids is 3. The van der Waals surface area contributed by atoms with Gasteiger partial charge >= 0.3 is 17.9 Å². The molecule has 0 unspecified atom stereocenters. The van der Waals surface area contributed by atoms with Crippen LogP contribution in [0.1, 0.15) is 31.1 Å². The van der Waals surface area contributed by atoms with Gasteiger partial charge in [0, 0.05) is 36.4 Å². The number of quaternary nitrogens is 1. The SMILES string of the molecule is O=C(O)c1ccc([NH+](c2ccc(C(=O)O)cc2)c2ccc(C(=O)O)cc2)cc1. The Bertz CT molecular complexity index is 887. The summed E-state index contributed by atoms with van der Waals surface area (Å²) in [5.41, 5.74) is 2.59. The quantitative estimate of drug-likeness (QED) is 0.524. The molecule has 0 spiro atoms. The zero-order valence-electron chi connectivity index (χ0n) is 14.5. The second-order valence-corrected chi connectivity index (χ2v) is 6.02. The summed E-state index contributed by atoms with van der Waals surface area (Å²) in [7, 11) is 0. The highest BCUT2D eigenvalue weighted by molar-refractivity contribution is 5.89. The molecule has 0 aromatic heterocycles. The second-order valence-electron chi connectivity index (χ2n) is 6.02. The van der Waals surface area contributed by atoms with E-state index >= 15 is 0 Å². The van der Waals surface area contributed by atoms with Gasteiger partial charge in [-0.3, -0.25) is 0 Å². The predicted molar refractivity (Wildman–Crippen MR) is 100 cm³/mol. The van der Waals surface area contributed by atoms with Gasteiger partial charge in [-0.05, 0) is 36.4 Å². The van der Waals surface area contributed by atoms with Gasteiger partial charge in [-0.2, -0.15) is 0 Å². The Balaban J connectivity index is 2.08. The Morgan fingerprint density at radius 3 is 0.857 bits per heavy atom. The summed E-state index contributed by atoms with van der Waals surface area (Å²) in [4.78, 5) is 34.0. The Kier molecular flexibility index (Phi) is 5.19. The van der Waals surface area contributed by atoms with E-state index in [1.165, 1.54) is 36.4 Å². The van der Waals surface area contributed by atoms with E-state index in [9.17, 15) is 14.4 Å². The van der Waals surface area contributed by atoms with E-state index in [2.05, 4.69) is 0 Å². The summed E-state index contributed by atoms with van der Waals surface area (Å²) in [5.74, 6) is -3.11. The topological polar surface area (TPSA) is 116 Å². The molecule has 0 atom stereocenters. The fraction of sp³-hybridized carbons (Fsp3) is 0. The van der Waals surface area contributed by atoms with Gasteiger partial charge in [0.25, 0.3) is 0 Å². The van der Waals surface area contributed by atoms with Gasteiger partial charge < -0.3 is 15.3 Å². The van der Waals surface area contributed by atoms with Crippen LogP contribution in [-0.2, 0) is 0 Å². The molecule has 0 radical (unpaired) electrons. The van der Waals surface area contributed by atoms with E-state index in [4.69, 9.17) is 15.3 Å². The number of rotatable bonds is 6. The van der Waals surface area contributed by atoms with Crippen LogP contribution in [0.25, 0.3) is 0 Å². The largest absolute Gasteiger partial charge is 0.478 e. The molecule has 0 saturated heterocycles. The van der Waals surface area contributed by atoms with E-state index in [1.807, 2.05) is 0 Å². The first-order valence-electron chi connectivity index (χ1n) is 8.25. The number of carboxylic acid groups (broad SMARTS) is 3. The molecule has 28 heavy (non-hydrogen) atoms. The molecule has 7 nitrogen and oxygen atoms in total. The number of carbonyl (C=O) groups is 3. The van der Waals surface area contributed by atoms with Crippen LogP contribution in [-0.4, -0.2) is 33.2 Å². The van der Waals surface area contributed by atoms with Crippen molar-refractivity contribution in [3.05, 3.63) is 89.5 Å². The zero-order chi connectivity index (χ0) is 20.3. The molecule has 0 aliphatic rings. The highest BCUT2D eigenvalue weighted by Gasteiger charge is 2.20. The highest BCUT2D eigenvalue weighted by Crippen LogP contribution is 2.17. The van der Waals surface area contributed by atoms with Crippen molar-refractivity contribution >= 4 is 35.0 Å². The maximum atomic E-state index is 11.1. The summed E-state index contributed by atoms with van der Waals surface area (Å²) in [6.07, 6.45) is 0. The molecule has 0 amide bonds. The summed E-state index contributed by atoms with van der Waals surface area (Å²) in [6.45, 7) is 0. The van der Waals surface area contributed by atoms with Crippen LogP contribution in [0.2, 0.25) is 0 Å². The lowest BCUT2D eigenvalue weighted by atomic mass is 10.1. The Labute approximate surface area is 159 Å². The third-order valence-corrected chi connectivity index (χ3v) is 4.26. The maximum Gasteiger partial charge on any atom is 0.335 e. The first-order chi connectivity index (χ1) is 13.4. The van der Waals surface area contributed by atoms with Crippen LogP contribution in [0.5, 0.6) is 0 Å². The average Bonchev–Trinajstić information content (AvgIpc) is 2.69. The van der Waals surface area contributed by atoms with Crippen LogP contribution in [0.15, 0.2) is 72.8 Å². The fourth-order valence-electron chi connectivity index (χ4n) is 2.84. The van der Waals surface area contributed by atoms with Crippen LogP contribution in [0, 0.1) is 0 Å². The van der Waals surface area contributed by atoms with Crippen LogP contribution >= 0.6 is 0 Å². The van der Waals surface area contributed by atoms with Gasteiger partial charge in [0.15, 0.2) is 0 Å². The van der Waals surface area contributed by atoms with Crippen molar-refractivity contribution in [2.75, 3.05) is 0 Å². The molecular weight excluding hydrogens is 362 g/mol. The average molecular weight is 378 g/mol. The van der Waals surface area contributed by atoms with Crippen molar-refractivity contribution < 1.29 is 34.6 Å². The van der Waals surface area contributed by atoms with Crippen LogP contribution < -0.4 is 4.90 Å². The smallest absolute Gasteiger partial charge is 0.335 e.